The van der Waals surface area contributed by atoms with Crippen LogP contribution in [0.1, 0.15) is 47.0 Å². The molecule has 0 aliphatic carbocycles. The van der Waals surface area contributed by atoms with Crippen LogP contribution in [0.15, 0.2) is 0 Å². The summed E-state index contributed by atoms with van der Waals surface area (Å²) in [6.45, 7) is 7.21. The molecular formula is C14H26N2O4. The number of amides is 2. The molecule has 6 heteroatoms. The summed E-state index contributed by atoms with van der Waals surface area (Å²) < 4.78 is 0. The lowest BCUT2D eigenvalue weighted by molar-refractivity contribution is -0.151. The molecule has 0 aromatic rings. The van der Waals surface area contributed by atoms with Gasteiger partial charge >= 0.3 is 5.97 Å². The largest absolute Gasteiger partial charge is 0.480 e. The number of nitrogens with one attached hydrogen (secondary N) is 1. The zero-order chi connectivity index (χ0) is 15.7. The van der Waals surface area contributed by atoms with Gasteiger partial charge in [0.25, 0.3) is 0 Å². The van der Waals surface area contributed by atoms with E-state index in [-0.39, 0.29) is 30.8 Å². The molecule has 6 nitrogen and oxygen atoms in total. The summed E-state index contributed by atoms with van der Waals surface area (Å²) in [6.07, 6.45) is 2.68. The molecule has 0 bridgehead atoms. The Balaban J connectivity index is 4.69. The first-order chi connectivity index (χ1) is 9.31. The lowest BCUT2D eigenvalue weighted by Gasteiger charge is -2.29. The highest BCUT2D eigenvalue weighted by Crippen LogP contribution is 2.13. The summed E-state index contributed by atoms with van der Waals surface area (Å²) in [5.74, 6) is -1.60. The average molecular weight is 286 g/mol. The van der Waals surface area contributed by atoms with E-state index in [9.17, 15) is 14.4 Å². The number of carbonyl (C=O) groups excluding carboxylic acids is 2. The van der Waals surface area contributed by atoms with Crippen molar-refractivity contribution < 1.29 is 19.5 Å². The van der Waals surface area contributed by atoms with E-state index in [0.29, 0.717) is 0 Å². The molecule has 2 unspecified atom stereocenters. The van der Waals surface area contributed by atoms with E-state index in [1.807, 2.05) is 13.8 Å². The molecule has 0 aromatic carbocycles. The van der Waals surface area contributed by atoms with Crippen LogP contribution in [-0.4, -0.2) is 46.9 Å². The number of rotatable bonds is 9. The molecular weight excluding hydrogens is 260 g/mol. The van der Waals surface area contributed by atoms with Crippen molar-refractivity contribution in [3.8, 4) is 0 Å². The second-order valence-corrected chi connectivity index (χ2v) is 5.07. The number of aliphatic carboxylic acids is 1. The molecule has 0 aliphatic rings. The smallest absolute Gasteiger partial charge is 0.326 e. The molecule has 0 aromatic heterocycles. The Morgan fingerprint density at radius 3 is 2.30 bits per heavy atom. The first-order valence-corrected chi connectivity index (χ1v) is 7.08. The van der Waals surface area contributed by atoms with Gasteiger partial charge in [0.2, 0.25) is 11.8 Å². The van der Waals surface area contributed by atoms with Crippen LogP contribution in [0.4, 0.5) is 0 Å². The van der Waals surface area contributed by atoms with Crippen molar-refractivity contribution in [1.29, 1.82) is 0 Å². The third-order valence-electron chi connectivity index (χ3n) is 3.25. The van der Waals surface area contributed by atoms with E-state index >= 15 is 0 Å². The van der Waals surface area contributed by atoms with Crippen molar-refractivity contribution in [1.82, 2.24) is 10.2 Å². The predicted octanol–water partition coefficient (Wildman–Crippen LogP) is 1.25. The third-order valence-corrected chi connectivity index (χ3v) is 3.25. The van der Waals surface area contributed by atoms with Gasteiger partial charge in [-0.25, -0.2) is 4.79 Å². The van der Waals surface area contributed by atoms with Gasteiger partial charge in [-0.1, -0.05) is 26.7 Å². The third kappa shape index (κ3) is 6.54. The van der Waals surface area contributed by atoms with Gasteiger partial charge < -0.3 is 15.3 Å². The molecule has 2 amide bonds. The number of carboxylic acids is 1. The van der Waals surface area contributed by atoms with Crippen molar-refractivity contribution in [2.45, 2.75) is 53.0 Å². The Labute approximate surface area is 120 Å². The van der Waals surface area contributed by atoms with Crippen molar-refractivity contribution in [2.75, 3.05) is 13.1 Å². The van der Waals surface area contributed by atoms with Crippen LogP contribution in [0.5, 0.6) is 0 Å². The van der Waals surface area contributed by atoms with Crippen molar-refractivity contribution in [3.63, 3.8) is 0 Å². The highest BCUT2D eigenvalue weighted by atomic mass is 16.4. The van der Waals surface area contributed by atoms with Crippen LogP contribution < -0.4 is 5.32 Å². The highest BCUT2D eigenvalue weighted by Gasteiger charge is 2.28. The highest BCUT2D eigenvalue weighted by molar-refractivity contribution is 5.84. The van der Waals surface area contributed by atoms with Crippen LogP contribution in [0.25, 0.3) is 0 Å². The van der Waals surface area contributed by atoms with E-state index in [4.69, 9.17) is 5.11 Å². The second-order valence-electron chi connectivity index (χ2n) is 5.07. The molecule has 0 saturated heterocycles. The van der Waals surface area contributed by atoms with E-state index in [0.717, 1.165) is 19.3 Å². The fourth-order valence-electron chi connectivity index (χ4n) is 1.90. The van der Waals surface area contributed by atoms with E-state index in [1.54, 1.807) is 0 Å². The second kappa shape index (κ2) is 9.34. The maximum absolute atomic E-state index is 12.3. The fourth-order valence-corrected chi connectivity index (χ4v) is 1.90. The lowest BCUT2D eigenvalue weighted by atomic mass is 10.0. The van der Waals surface area contributed by atoms with Gasteiger partial charge in [0.05, 0.1) is 0 Å². The first kappa shape index (κ1) is 18.4. The monoisotopic (exact) mass is 286 g/mol. The maximum atomic E-state index is 12.3. The maximum Gasteiger partial charge on any atom is 0.326 e. The van der Waals surface area contributed by atoms with Gasteiger partial charge in [0, 0.05) is 25.9 Å². The first-order valence-electron chi connectivity index (χ1n) is 7.08. The summed E-state index contributed by atoms with van der Waals surface area (Å²) in [7, 11) is 0. The molecule has 0 heterocycles. The standard InChI is InChI=1S/C14H26N2O4/c1-5-6-7-10(2)13(18)16(11(3)14(19)20)9-8-15-12(4)17/h10-11H,5-9H2,1-4H3,(H,15,17)(H,19,20). The van der Waals surface area contributed by atoms with Crippen molar-refractivity contribution in [3.05, 3.63) is 0 Å². The molecule has 116 valence electrons. The number of unbranched alkanes of at least 4 members (excludes halogenated alkanes) is 1. The average Bonchev–Trinajstić information content (AvgIpc) is 2.39. The minimum absolute atomic E-state index is 0.168. The Hall–Kier alpha value is -1.59. The normalized spacial score (nSPS) is 13.4. The van der Waals surface area contributed by atoms with Crippen LogP contribution in [0.3, 0.4) is 0 Å². The minimum Gasteiger partial charge on any atom is -0.480 e. The van der Waals surface area contributed by atoms with Gasteiger partial charge in [-0.05, 0) is 13.3 Å². The van der Waals surface area contributed by atoms with Gasteiger partial charge in [0.1, 0.15) is 6.04 Å². The molecule has 0 saturated carbocycles. The zero-order valence-corrected chi connectivity index (χ0v) is 12.8. The topological polar surface area (TPSA) is 86.7 Å². The molecule has 2 N–H and O–H groups in total. The van der Waals surface area contributed by atoms with Gasteiger partial charge in [-0.3, -0.25) is 9.59 Å². The van der Waals surface area contributed by atoms with Crippen molar-refractivity contribution >= 4 is 17.8 Å². The van der Waals surface area contributed by atoms with Crippen LogP contribution in [0, 0.1) is 5.92 Å². The van der Waals surface area contributed by atoms with Crippen LogP contribution in [-0.2, 0) is 14.4 Å². The van der Waals surface area contributed by atoms with E-state index < -0.39 is 12.0 Å². The number of nitrogens with zero attached hydrogens (tertiary/aromatic N) is 1. The van der Waals surface area contributed by atoms with E-state index in [2.05, 4.69) is 5.32 Å². The summed E-state index contributed by atoms with van der Waals surface area (Å²) >= 11 is 0. The molecule has 0 fully saturated rings. The van der Waals surface area contributed by atoms with Gasteiger partial charge in [-0.15, -0.1) is 0 Å². The van der Waals surface area contributed by atoms with E-state index in [1.165, 1.54) is 18.7 Å². The summed E-state index contributed by atoms with van der Waals surface area (Å²) in [5.41, 5.74) is 0. The molecule has 0 radical (unpaired) electrons. The lowest BCUT2D eigenvalue weighted by Crippen LogP contribution is -2.48. The number of hydrogen-bond donors (Lipinski definition) is 2. The zero-order valence-electron chi connectivity index (χ0n) is 12.8. The van der Waals surface area contributed by atoms with Gasteiger partial charge in [0.15, 0.2) is 0 Å². The van der Waals surface area contributed by atoms with Crippen LogP contribution >= 0.6 is 0 Å². The summed E-state index contributed by atoms with van der Waals surface area (Å²) in [6, 6.07) is -0.889. The Morgan fingerprint density at radius 2 is 1.85 bits per heavy atom. The molecule has 0 rings (SSSR count). The Morgan fingerprint density at radius 1 is 1.25 bits per heavy atom. The quantitative estimate of drug-likeness (QED) is 0.668. The Kier molecular flexibility index (Phi) is 8.59. The molecule has 20 heavy (non-hydrogen) atoms. The van der Waals surface area contributed by atoms with Gasteiger partial charge in [-0.2, -0.15) is 0 Å². The molecule has 0 spiro atoms. The Bertz CT molecular complexity index is 344. The minimum atomic E-state index is -1.04. The summed E-state index contributed by atoms with van der Waals surface area (Å²) in [5, 5.41) is 11.7. The number of carbonyl (C=O) groups is 3. The number of carboxylic acid groups (broad SMARTS) is 1. The predicted molar refractivity (Wildman–Crippen MR) is 76.2 cm³/mol. The molecule has 2 atom stereocenters. The molecule has 0 aliphatic heterocycles. The van der Waals surface area contributed by atoms with Crippen molar-refractivity contribution in [2.24, 2.45) is 5.92 Å². The SMILES string of the molecule is CCCCC(C)C(=O)N(CCNC(C)=O)C(C)C(=O)O. The number of hydrogen-bond acceptors (Lipinski definition) is 3. The summed E-state index contributed by atoms with van der Waals surface area (Å²) in [4.78, 5) is 35.6. The fraction of sp³-hybridized carbons (Fsp3) is 0.786. The van der Waals surface area contributed by atoms with Crippen LogP contribution in [0.2, 0.25) is 0 Å².